The van der Waals surface area contributed by atoms with Crippen molar-refractivity contribution in [2.75, 3.05) is 0 Å². The van der Waals surface area contributed by atoms with Crippen molar-refractivity contribution in [2.24, 2.45) is 5.84 Å². The van der Waals surface area contributed by atoms with Crippen LogP contribution in [0.2, 0.25) is 0 Å². The number of rotatable bonds is 1. The Morgan fingerprint density at radius 3 is 2.75 bits per heavy atom. The van der Waals surface area contributed by atoms with Crippen LogP contribution in [0.15, 0.2) is 18.2 Å². The SMILES string of the molecule is CCC(=O)NN.Cc1cccc2n[nH]nc12. The number of fused-ring (bicyclic) bond motifs is 1. The lowest BCUT2D eigenvalue weighted by atomic mass is 10.2. The van der Waals surface area contributed by atoms with E-state index in [-0.39, 0.29) is 5.91 Å². The van der Waals surface area contributed by atoms with E-state index in [2.05, 4.69) is 21.3 Å². The average molecular weight is 221 g/mol. The van der Waals surface area contributed by atoms with Gasteiger partial charge in [0.1, 0.15) is 11.0 Å². The van der Waals surface area contributed by atoms with Gasteiger partial charge in [-0.05, 0) is 18.6 Å². The van der Waals surface area contributed by atoms with Crippen LogP contribution in [0.3, 0.4) is 0 Å². The fourth-order valence-electron chi connectivity index (χ4n) is 1.11. The van der Waals surface area contributed by atoms with Crippen LogP contribution in [0.1, 0.15) is 18.9 Å². The molecule has 0 atom stereocenters. The largest absolute Gasteiger partial charge is 0.294 e. The second-order valence-electron chi connectivity index (χ2n) is 3.19. The fourth-order valence-corrected chi connectivity index (χ4v) is 1.11. The first-order valence-corrected chi connectivity index (χ1v) is 4.94. The standard InChI is InChI=1S/C7H7N3.C3H8N2O/c1-5-3-2-4-6-7(5)9-10-8-6;1-2-3(6)5-4/h2-4H,1H3,(H,8,9,10);2,4H2,1H3,(H,5,6). The predicted octanol–water partition coefficient (Wildman–Crippen LogP) is 0.653. The van der Waals surface area contributed by atoms with Gasteiger partial charge in [0.15, 0.2) is 0 Å². The first-order chi connectivity index (χ1) is 7.69. The Kier molecular flexibility index (Phi) is 4.41. The summed E-state index contributed by atoms with van der Waals surface area (Å²) in [4.78, 5) is 9.94. The van der Waals surface area contributed by atoms with Crippen LogP contribution in [0.4, 0.5) is 0 Å². The second kappa shape index (κ2) is 5.82. The van der Waals surface area contributed by atoms with Crippen LogP contribution in [0.5, 0.6) is 0 Å². The fraction of sp³-hybridized carbons (Fsp3) is 0.300. The number of hydrogen-bond donors (Lipinski definition) is 3. The lowest BCUT2D eigenvalue weighted by Crippen LogP contribution is -2.28. The second-order valence-corrected chi connectivity index (χ2v) is 3.19. The Balaban J connectivity index is 0.000000187. The number of nitrogens with two attached hydrogens (primary N) is 1. The number of aromatic amines is 1. The van der Waals surface area contributed by atoms with E-state index >= 15 is 0 Å². The third-order valence-electron chi connectivity index (χ3n) is 2.03. The maximum Gasteiger partial charge on any atom is 0.233 e. The van der Waals surface area contributed by atoms with Crippen molar-refractivity contribution in [3.63, 3.8) is 0 Å². The highest BCUT2D eigenvalue weighted by Crippen LogP contribution is 2.10. The number of nitrogens with zero attached hydrogens (tertiary/aromatic N) is 2. The molecule has 2 aromatic rings. The van der Waals surface area contributed by atoms with E-state index in [1.807, 2.05) is 30.5 Å². The number of amides is 1. The third-order valence-corrected chi connectivity index (χ3v) is 2.03. The van der Waals surface area contributed by atoms with Crippen molar-refractivity contribution >= 4 is 16.9 Å². The van der Waals surface area contributed by atoms with Crippen LogP contribution >= 0.6 is 0 Å². The lowest BCUT2D eigenvalue weighted by Gasteiger charge is -1.88. The van der Waals surface area contributed by atoms with Crippen molar-refractivity contribution in [3.05, 3.63) is 23.8 Å². The summed E-state index contributed by atoms with van der Waals surface area (Å²) >= 11 is 0. The van der Waals surface area contributed by atoms with Gasteiger partial charge in [-0.1, -0.05) is 19.1 Å². The molecular weight excluding hydrogens is 206 g/mol. The Hall–Kier alpha value is -1.95. The van der Waals surface area contributed by atoms with Crippen molar-refractivity contribution in [3.8, 4) is 0 Å². The molecule has 0 aliphatic rings. The molecule has 16 heavy (non-hydrogen) atoms. The molecule has 0 spiro atoms. The maximum atomic E-state index is 9.94. The first kappa shape index (κ1) is 12.1. The molecule has 0 aliphatic heterocycles. The quantitative estimate of drug-likeness (QED) is 0.374. The third kappa shape index (κ3) is 3.03. The van der Waals surface area contributed by atoms with Gasteiger partial charge in [-0.25, -0.2) is 5.84 Å². The van der Waals surface area contributed by atoms with E-state index in [9.17, 15) is 4.79 Å². The molecule has 86 valence electrons. The normalized spacial score (nSPS) is 9.44. The topological polar surface area (TPSA) is 96.7 Å². The molecule has 6 heteroatoms. The summed E-state index contributed by atoms with van der Waals surface area (Å²) in [5.74, 6) is 4.55. The Morgan fingerprint density at radius 2 is 2.25 bits per heavy atom. The zero-order chi connectivity index (χ0) is 12.0. The Bertz CT molecular complexity index is 459. The predicted molar refractivity (Wildman–Crippen MR) is 61.2 cm³/mol. The maximum absolute atomic E-state index is 9.94. The minimum absolute atomic E-state index is 0.130. The van der Waals surface area contributed by atoms with E-state index < -0.39 is 0 Å². The lowest BCUT2D eigenvalue weighted by molar-refractivity contribution is -0.120. The smallest absolute Gasteiger partial charge is 0.233 e. The van der Waals surface area contributed by atoms with E-state index in [0.717, 1.165) is 16.6 Å². The first-order valence-electron chi connectivity index (χ1n) is 4.94. The van der Waals surface area contributed by atoms with Gasteiger partial charge in [-0.15, -0.1) is 0 Å². The Morgan fingerprint density at radius 1 is 1.50 bits per heavy atom. The van der Waals surface area contributed by atoms with Gasteiger partial charge < -0.3 is 0 Å². The molecule has 6 nitrogen and oxygen atoms in total. The molecule has 0 unspecified atom stereocenters. The Labute approximate surface area is 93.2 Å². The van der Waals surface area contributed by atoms with Gasteiger partial charge in [-0.2, -0.15) is 15.4 Å². The molecule has 1 aromatic carbocycles. The molecule has 0 aliphatic carbocycles. The molecule has 1 amide bonds. The van der Waals surface area contributed by atoms with Gasteiger partial charge in [0.05, 0.1) is 0 Å². The highest BCUT2D eigenvalue weighted by molar-refractivity contribution is 5.76. The number of nitrogens with one attached hydrogen (secondary N) is 2. The van der Waals surface area contributed by atoms with E-state index in [4.69, 9.17) is 0 Å². The number of aromatic nitrogens is 3. The van der Waals surface area contributed by atoms with E-state index in [0.29, 0.717) is 6.42 Å². The average Bonchev–Trinajstić information content (AvgIpc) is 2.78. The van der Waals surface area contributed by atoms with E-state index in [1.54, 1.807) is 6.92 Å². The number of para-hydroxylation sites is 1. The number of aryl methyl sites for hydroxylation is 1. The number of benzene rings is 1. The van der Waals surface area contributed by atoms with Gasteiger partial charge in [0, 0.05) is 6.42 Å². The minimum atomic E-state index is -0.130. The molecule has 2 rings (SSSR count). The number of carbonyl (C=O) groups is 1. The van der Waals surface area contributed by atoms with Crippen molar-refractivity contribution in [1.82, 2.24) is 20.8 Å². The summed E-state index contributed by atoms with van der Waals surface area (Å²) in [6.45, 7) is 3.76. The summed E-state index contributed by atoms with van der Waals surface area (Å²) in [7, 11) is 0. The van der Waals surface area contributed by atoms with Gasteiger partial charge >= 0.3 is 0 Å². The van der Waals surface area contributed by atoms with Gasteiger partial charge in [-0.3, -0.25) is 10.2 Å². The zero-order valence-electron chi connectivity index (χ0n) is 9.32. The molecule has 1 aromatic heterocycles. The van der Waals surface area contributed by atoms with Crippen LogP contribution < -0.4 is 11.3 Å². The molecule has 1 heterocycles. The molecule has 4 N–H and O–H groups in total. The van der Waals surface area contributed by atoms with Crippen LogP contribution in [0.25, 0.3) is 11.0 Å². The van der Waals surface area contributed by atoms with Crippen LogP contribution in [-0.2, 0) is 4.79 Å². The number of carbonyl (C=O) groups excluding carboxylic acids is 1. The molecule has 0 fully saturated rings. The summed E-state index contributed by atoms with van der Waals surface area (Å²) in [6, 6.07) is 5.93. The number of hydrogen-bond acceptors (Lipinski definition) is 4. The monoisotopic (exact) mass is 221 g/mol. The summed E-state index contributed by atoms with van der Waals surface area (Å²) in [6.07, 6.45) is 0.455. The number of hydrazine groups is 1. The zero-order valence-corrected chi connectivity index (χ0v) is 9.32. The highest BCUT2D eigenvalue weighted by Gasteiger charge is 1.97. The molecule has 0 radical (unpaired) electrons. The van der Waals surface area contributed by atoms with Crippen molar-refractivity contribution in [1.29, 1.82) is 0 Å². The molecule has 0 saturated carbocycles. The van der Waals surface area contributed by atoms with Crippen molar-refractivity contribution in [2.45, 2.75) is 20.3 Å². The van der Waals surface area contributed by atoms with Gasteiger partial charge in [0.25, 0.3) is 0 Å². The summed E-state index contributed by atoms with van der Waals surface area (Å²) < 4.78 is 0. The molecule has 0 bridgehead atoms. The molecule has 0 saturated heterocycles. The van der Waals surface area contributed by atoms with Crippen molar-refractivity contribution < 1.29 is 4.79 Å². The van der Waals surface area contributed by atoms with Crippen LogP contribution in [0, 0.1) is 6.92 Å². The molecular formula is C10H15N5O. The number of H-pyrrole nitrogens is 1. The highest BCUT2D eigenvalue weighted by atomic mass is 16.2. The minimum Gasteiger partial charge on any atom is -0.294 e. The van der Waals surface area contributed by atoms with Gasteiger partial charge in [0.2, 0.25) is 5.91 Å². The summed E-state index contributed by atoms with van der Waals surface area (Å²) in [5.41, 5.74) is 5.03. The summed E-state index contributed by atoms with van der Waals surface area (Å²) in [5, 5.41) is 10.5. The van der Waals surface area contributed by atoms with Crippen LogP contribution in [-0.4, -0.2) is 21.3 Å². The van der Waals surface area contributed by atoms with E-state index in [1.165, 1.54) is 0 Å².